The van der Waals surface area contributed by atoms with Gasteiger partial charge < -0.3 is 9.47 Å². The van der Waals surface area contributed by atoms with Gasteiger partial charge in [-0.3, -0.25) is 4.79 Å². The molecular formula is C19H22FN5OS. The summed E-state index contributed by atoms with van der Waals surface area (Å²) in [5, 5.41) is 18.5. The second kappa shape index (κ2) is 8.09. The normalized spacial score (nSPS) is 15.9. The van der Waals surface area contributed by atoms with Crippen molar-refractivity contribution in [3.05, 3.63) is 30.1 Å². The van der Waals surface area contributed by atoms with E-state index in [1.54, 1.807) is 28.6 Å². The van der Waals surface area contributed by atoms with Gasteiger partial charge in [0.15, 0.2) is 11.0 Å². The van der Waals surface area contributed by atoms with Gasteiger partial charge in [-0.05, 0) is 37.1 Å². The van der Waals surface area contributed by atoms with Crippen LogP contribution in [0.25, 0.3) is 11.4 Å². The summed E-state index contributed by atoms with van der Waals surface area (Å²) in [5.41, 5.74) is 0.0713. The molecule has 1 aromatic carbocycles. The second-order valence-electron chi connectivity index (χ2n) is 6.82. The van der Waals surface area contributed by atoms with Crippen LogP contribution < -0.4 is 0 Å². The minimum absolute atomic E-state index is 0.0882. The number of hydrogen-bond acceptors (Lipinski definition) is 5. The minimum atomic E-state index is -0.685. The van der Waals surface area contributed by atoms with Gasteiger partial charge in [0.25, 0.3) is 0 Å². The van der Waals surface area contributed by atoms with Crippen molar-refractivity contribution in [1.29, 1.82) is 5.26 Å². The molecule has 0 aliphatic heterocycles. The molecular weight excluding hydrogens is 365 g/mol. The second-order valence-corrected chi connectivity index (χ2v) is 7.76. The Hall–Kier alpha value is -2.40. The van der Waals surface area contributed by atoms with E-state index < -0.39 is 5.54 Å². The van der Waals surface area contributed by atoms with E-state index in [2.05, 4.69) is 16.3 Å². The summed E-state index contributed by atoms with van der Waals surface area (Å²) < 4.78 is 14.9. The van der Waals surface area contributed by atoms with Gasteiger partial charge in [0.2, 0.25) is 5.91 Å². The molecule has 0 atom stereocenters. The number of aromatic nitrogens is 3. The highest BCUT2D eigenvalue weighted by Gasteiger charge is 2.38. The smallest absolute Gasteiger partial charge is 0.234 e. The fourth-order valence-corrected chi connectivity index (χ4v) is 4.24. The molecule has 1 saturated carbocycles. The number of carbonyl (C=O) groups excluding carboxylic acids is 1. The van der Waals surface area contributed by atoms with Crippen LogP contribution in [0.2, 0.25) is 0 Å². The molecule has 0 bridgehead atoms. The number of rotatable bonds is 5. The average molecular weight is 387 g/mol. The first kappa shape index (κ1) is 19.4. The molecule has 0 unspecified atom stereocenters. The monoisotopic (exact) mass is 387 g/mol. The summed E-state index contributed by atoms with van der Waals surface area (Å²) in [6.45, 7) is 0. The summed E-state index contributed by atoms with van der Waals surface area (Å²) in [6, 6.07) is 8.41. The molecule has 142 valence electrons. The van der Waals surface area contributed by atoms with Gasteiger partial charge in [0.1, 0.15) is 11.4 Å². The van der Waals surface area contributed by atoms with Crippen molar-refractivity contribution < 1.29 is 9.18 Å². The van der Waals surface area contributed by atoms with Crippen LogP contribution in [0, 0.1) is 17.1 Å². The molecule has 0 spiro atoms. The Morgan fingerprint density at radius 1 is 1.30 bits per heavy atom. The lowest BCUT2D eigenvalue weighted by Gasteiger charge is -2.39. The first-order valence-electron chi connectivity index (χ1n) is 8.93. The molecule has 1 heterocycles. The number of amides is 1. The molecule has 0 saturated heterocycles. The van der Waals surface area contributed by atoms with Crippen molar-refractivity contribution in [3.8, 4) is 17.5 Å². The van der Waals surface area contributed by atoms with E-state index in [1.807, 2.05) is 7.05 Å². The van der Waals surface area contributed by atoms with E-state index in [1.165, 1.54) is 23.9 Å². The fourth-order valence-electron chi connectivity index (χ4n) is 3.41. The highest BCUT2D eigenvalue weighted by Crippen LogP contribution is 2.33. The Balaban J connectivity index is 1.67. The molecule has 0 N–H and O–H groups in total. The Labute approximate surface area is 162 Å². The van der Waals surface area contributed by atoms with Gasteiger partial charge in [-0.2, -0.15) is 5.26 Å². The van der Waals surface area contributed by atoms with Crippen molar-refractivity contribution in [2.24, 2.45) is 7.05 Å². The topological polar surface area (TPSA) is 74.8 Å². The van der Waals surface area contributed by atoms with Gasteiger partial charge in [0, 0.05) is 19.7 Å². The summed E-state index contributed by atoms with van der Waals surface area (Å²) in [6.07, 6.45) is 4.53. The largest absolute Gasteiger partial charge is 0.326 e. The highest BCUT2D eigenvalue weighted by atomic mass is 32.2. The van der Waals surface area contributed by atoms with Crippen LogP contribution in [0.15, 0.2) is 29.4 Å². The van der Waals surface area contributed by atoms with Crippen LogP contribution >= 0.6 is 11.8 Å². The zero-order chi connectivity index (χ0) is 19.4. The number of nitrogens with zero attached hydrogens (tertiary/aromatic N) is 5. The minimum Gasteiger partial charge on any atom is -0.326 e. The zero-order valence-corrected chi connectivity index (χ0v) is 16.3. The Kier molecular flexibility index (Phi) is 5.80. The third kappa shape index (κ3) is 3.98. The molecule has 2 aromatic rings. The van der Waals surface area contributed by atoms with Crippen LogP contribution in [0.1, 0.15) is 32.1 Å². The molecule has 1 aliphatic rings. The standard InChI is InChI=1S/C19H22FN5OS/c1-24-17(14-6-8-15(20)9-7-14)22-23-18(24)27-12-16(26)25(2)19(13-21)10-4-3-5-11-19/h6-9H,3-5,10-12H2,1-2H3. The van der Waals surface area contributed by atoms with Crippen LogP contribution in [0.5, 0.6) is 0 Å². The Morgan fingerprint density at radius 2 is 1.96 bits per heavy atom. The quantitative estimate of drug-likeness (QED) is 0.735. The zero-order valence-electron chi connectivity index (χ0n) is 15.5. The number of carbonyl (C=O) groups is 1. The molecule has 8 heteroatoms. The predicted octanol–water partition coefficient (Wildman–Crippen LogP) is 3.40. The van der Waals surface area contributed by atoms with Crippen LogP contribution in [0.3, 0.4) is 0 Å². The van der Waals surface area contributed by atoms with Crippen LogP contribution in [-0.4, -0.2) is 43.9 Å². The molecule has 27 heavy (non-hydrogen) atoms. The van der Waals surface area contributed by atoms with Crippen molar-refractivity contribution in [1.82, 2.24) is 19.7 Å². The highest BCUT2D eigenvalue weighted by molar-refractivity contribution is 7.99. The first-order chi connectivity index (χ1) is 13.0. The molecule has 3 rings (SSSR count). The summed E-state index contributed by atoms with van der Waals surface area (Å²) in [7, 11) is 3.53. The van der Waals surface area contributed by atoms with Crippen LogP contribution in [0.4, 0.5) is 4.39 Å². The molecule has 0 radical (unpaired) electrons. The number of halogens is 1. The van der Waals surface area contributed by atoms with Crippen molar-refractivity contribution in [2.45, 2.75) is 42.8 Å². The average Bonchev–Trinajstić information content (AvgIpc) is 3.07. The van der Waals surface area contributed by atoms with Crippen molar-refractivity contribution in [2.75, 3.05) is 12.8 Å². The SMILES string of the molecule is CN(C(=O)CSc1nnc(-c2ccc(F)cc2)n1C)C1(C#N)CCCCC1. The maximum Gasteiger partial charge on any atom is 0.234 e. The molecule has 1 aliphatic carbocycles. The van der Waals surface area contributed by atoms with E-state index in [4.69, 9.17) is 0 Å². The number of thioether (sulfide) groups is 1. The maximum atomic E-state index is 13.1. The van der Waals surface area contributed by atoms with E-state index in [-0.39, 0.29) is 17.5 Å². The molecule has 6 nitrogen and oxygen atoms in total. The van der Waals surface area contributed by atoms with Crippen molar-refractivity contribution in [3.63, 3.8) is 0 Å². The van der Waals surface area contributed by atoms with Crippen molar-refractivity contribution >= 4 is 17.7 Å². The van der Waals surface area contributed by atoms with Gasteiger partial charge in [-0.15, -0.1) is 10.2 Å². The van der Waals surface area contributed by atoms with Gasteiger partial charge >= 0.3 is 0 Å². The van der Waals surface area contributed by atoms with E-state index >= 15 is 0 Å². The van der Waals surface area contributed by atoms with Gasteiger partial charge in [0.05, 0.1) is 11.8 Å². The van der Waals surface area contributed by atoms with Crippen LogP contribution in [-0.2, 0) is 11.8 Å². The number of nitriles is 1. The van der Waals surface area contributed by atoms with E-state index in [9.17, 15) is 14.4 Å². The summed E-state index contributed by atoms with van der Waals surface area (Å²) in [5.74, 6) is 0.405. The Bertz CT molecular complexity index is 852. The third-order valence-corrected chi connectivity index (χ3v) is 6.17. The summed E-state index contributed by atoms with van der Waals surface area (Å²) >= 11 is 1.29. The first-order valence-corrected chi connectivity index (χ1v) is 9.91. The lowest BCUT2D eigenvalue weighted by atomic mass is 9.81. The summed E-state index contributed by atoms with van der Waals surface area (Å²) in [4.78, 5) is 14.3. The maximum absolute atomic E-state index is 13.1. The Morgan fingerprint density at radius 3 is 2.59 bits per heavy atom. The molecule has 1 fully saturated rings. The third-order valence-electron chi connectivity index (χ3n) is 5.17. The molecule has 1 amide bonds. The number of benzene rings is 1. The molecule has 1 aromatic heterocycles. The van der Waals surface area contributed by atoms with E-state index in [0.717, 1.165) is 37.7 Å². The number of hydrogen-bond donors (Lipinski definition) is 0. The fraction of sp³-hybridized carbons (Fsp3) is 0.474. The van der Waals surface area contributed by atoms with E-state index in [0.29, 0.717) is 11.0 Å². The lowest BCUT2D eigenvalue weighted by Crippen LogP contribution is -2.50. The van der Waals surface area contributed by atoms with Gasteiger partial charge in [-0.25, -0.2) is 4.39 Å². The lowest BCUT2D eigenvalue weighted by molar-refractivity contribution is -0.131. The predicted molar refractivity (Wildman–Crippen MR) is 101 cm³/mol. The van der Waals surface area contributed by atoms with Gasteiger partial charge in [-0.1, -0.05) is 31.0 Å².